The van der Waals surface area contributed by atoms with Crippen LogP contribution in [0.5, 0.6) is 0 Å². The molecule has 2 aromatic heterocycles. The lowest BCUT2D eigenvalue weighted by Crippen LogP contribution is -1.95. The van der Waals surface area contributed by atoms with E-state index in [0.29, 0.717) is 11.8 Å². The number of benzene rings is 2. The second kappa shape index (κ2) is 12.0. The Balaban J connectivity index is 0.000000170. The van der Waals surface area contributed by atoms with Gasteiger partial charge in [-0.05, 0) is 109 Å². The second-order valence-electron chi connectivity index (χ2n) is 12.2. The number of hydrogen-bond donors (Lipinski definition) is 2. The van der Waals surface area contributed by atoms with Crippen molar-refractivity contribution in [1.29, 1.82) is 0 Å². The molecule has 2 nitrogen and oxygen atoms in total. The SMILES string of the molecule is CC.CC(C)CCc1cc2c(c3[nH]c(C(C)C)cc13)CCC2.Cc1cc2c3c(ccc2[nH]1)C=C(C(C)C)C3. The van der Waals surface area contributed by atoms with Crippen molar-refractivity contribution in [2.45, 2.75) is 107 Å². The highest BCUT2D eigenvalue weighted by molar-refractivity contribution is 5.90. The predicted molar refractivity (Wildman–Crippen MR) is 168 cm³/mol. The molecule has 4 aromatic rings. The first-order chi connectivity index (χ1) is 18.2. The van der Waals surface area contributed by atoms with E-state index in [1.165, 1.54) is 76.4 Å². The van der Waals surface area contributed by atoms with Crippen molar-refractivity contribution in [3.8, 4) is 0 Å². The van der Waals surface area contributed by atoms with Crippen molar-refractivity contribution in [2.24, 2.45) is 11.8 Å². The quantitative estimate of drug-likeness (QED) is 0.267. The van der Waals surface area contributed by atoms with E-state index in [2.05, 4.69) is 94.8 Å². The molecule has 2 aromatic carbocycles. The molecule has 2 aliphatic carbocycles. The van der Waals surface area contributed by atoms with Gasteiger partial charge in [-0.3, -0.25) is 0 Å². The summed E-state index contributed by atoms with van der Waals surface area (Å²) in [4.78, 5) is 7.13. The fraction of sp³-hybridized carbons (Fsp3) is 0.500. The number of aryl methyl sites for hydroxylation is 4. The maximum Gasteiger partial charge on any atom is 0.0494 e. The minimum absolute atomic E-state index is 0.581. The molecule has 0 bridgehead atoms. The standard InChI is InChI=1S/C19H27N.C15H17N.C2H6/c1-12(2)8-9-15-10-14-6-5-7-16(14)19-17(15)11-18(20-19)13(3)4;1-9(2)12-7-11-4-5-15-14(13(11)8-12)6-10(3)16-15;1-2/h10-13,20H,5-9H2,1-4H3;4-7,9,16H,8H2,1-3H3;1-2H3. The topological polar surface area (TPSA) is 31.6 Å². The van der Waals surface area contributed by atoms with E-state index in [4.69, 9.17) is 0 Å². The Labute approximate surface area is 231 Å². The molecule has 6 rings (SSSR count). The summed E-state index contributed by atoms with van der Waals surface area (Å²) in [5.74, 6) is 2.02. The van der Waals surface area contributed by atoms with Crippen LogP contribution < -0.4 is 0 Å². The lowest BCUT2D eigenvalue weighted by Gasteiger charge is -2.10. The maximum atomic E-state index is 3.72. The Kier molecular flexibility index (Phi) is 8.91. The van der Waals surface area contributed by atoms with Crippen LogP contribution in [0.4, 0.5) is 0 Å². The molecule has 0 atom stereocenters. The Hall–Kier alpha value is -2.74. The molecule has 2 aliphatic rings. The van der Waals surface area contributed by atoms with Crippen LogP contribution in [0.3, 0.4) is 0 Å². The third-order valence-corrected chi connectivity index (χ3v) is 8.26. The summed E-state index contributed by atoms with van der Waals surface area (Å²) < 4.78 is 0. The molecule has 2 heteroatoms. The Morgan fingerprint density at radius 3 is 2.26 bits per heavy atom. The number of aromatic amines is 2. The molecule has 0 saturated heterocycles. The van der Waals surface area contributed by atoms with Crippen molar-refractivity contribution < 1.29 is 0 Å². The summed E-state index contributed by atoms with van der Waals surface area (Å²) in [6, 6.07) is 11.6. The van der Waals surface area contributed by atoms with Gasteiger partial charge < -0.3 is 9.97 Å². The van der Waals surface area contributed by atoms with Gasteiger partial charge in [-0.15, -0.1) is 0 Å². The van der Waals surface area contributed by atoms with Gasteiger partial charge in [0.15, 0.2) is 0 Å². The predicted octanol–water partition coefficient (Wildman–Crippen LogP) is 10.5. The first-order valence-electron chi connectivity index (χ1n) is 15.2. The van der Waals surface area contributed by atoms with Crippen LogP contribution in [0, 0.1) is 18.8 Å². The van der Waals surface area contributed by atoms with E-state index < -0.39 is 0 Å². The molecular formula is C36H50N2. The van der Waals surface area contributed by atoms with Gasteiger partial charge in [0.25, 0.3) is 0 Å². The summed E-state index contributed by atoms with van der Waals surface area (Å²) in [5.41, 5.74) is 14.6. The minimum atomic E-state index is 0.581. The molecule has 0 spiro atoms. The number of H-pyrrole nitrogens is 2. The van der Waals surface area contributed by atoms with Gasteiger partial charge in [0.05, 0.1) is 0 Å². The fourth-order valence-corrected chi connectivity index (χ4v) is 6.01. The van der Waals surface area contributed by atoms with E-state index in [-0.39, 0.29) is 0 Å². The highest BCUT2D eigenvalue weighted by Gasteiger charge is 2.20. The van der Waals surface area contributed by atoms with Gasteiger partial charge in [0, 0.05) is 33.2 Å². The third kappa shape index (κ3) is 5.80. The summed E-state index contributed by atoms with van der Waals surface area (Å²) in [7, 11) is 0. The molecule has 0 radical (unpaired) electrons. The number of allylic oxidation sites excluding steroid dienone is 1. The van der Waals surface area contributed by atoms with Crippen molar-refractivity contribution in [1.82, 2.24) is 9.97 Å². The number of aromatic nitrogens is 2. The normalized spacial score (nSPS) is 14.1. The smallest absolute Gasteiger partial charge is 0.0494 e. The lowest BCUT2D eigenvalue weighted by atomic mass is 9.95. The third-order valence-electron chi connectivity index (χ3n) is 8.26. The van der Waals surface area contributed by atoms with Crippen LogP contribution >= 0.6 is 0 Å². The Morgan fingerprint density at radius 1 is 0.816 bits per heavy atom. The van der Waals surface area contributed by atoms with Crippen molar-refractivity contribution >= 4 is 27.9 Å². The van der Waals surface area contributed by atoms with E-state index in [1.54, 1.807) is 22.3 Å². The Morgan fingerprint density at radius 2 is 1.58 bits per heavy atom. The van der Waals surface area contributed by atoms with Crippen LogP contribution in [0.1, 0.15) is 113 Å². The molecular weight excluding hydrogens is 460 g/mol. The van der Waals surface area contributed by atoms with Gasteiger partial charge in [0.2, 0.25) is 0 Å². The summed E-state index contributed by atoms with van der Waals surface area (Å²) in [6.45, 7) is 19.9. The summed E-state index contributed by atoms with van der Waals surface area (Å²) >= 11 is 0. The van der Waals surface area contributed by atoms with Crippen molar-refractivity contribution in [3.63, 3.8) is 0 Å². The second-order valence-corrected chi connectivity index (χ2v) is 12.2. The van der Waals surface area contributed by atoms with Gasteiger partial charge >= 0.3 is 0 Å². The number of nitrogens with one attached hydrogen (secondary N) is 2. The summed E-state index contributed by atoms with van der Waals surface area (Å²) in [5, 5.41) is 2.90. The maximum absolute atomic E-state index is 3.72. The van der Waals surface area contributed by atoms with E-state index in [0.717, 1.165) is 12.3 Å². The zero-order valence-corrected chi connectivity index (χ0v) is 25.4. The number of rotatable bonds is 5. The van der Waals surface area contributed by atoms with Crippen LogP contribution in [-0.4, -0.2) is 9.97 Å². The van der Waals surface area contributed by atoms with Crippen molar-refractivity contribution in [2.75, 3.05) is 0 Å². The molecule has 2 N–H and O–H groups in total. The largest absolute Gasteiger partial charge is 0.359 e. The monoisotopic (exact) mass is 510 g/mol. The zero-order chi connectivity index (χ0) is 27.6. The molecule has 0 saturated carbocycles. The molecule has 204 valence electrons. The average molecular weight is 511 g/mol. The van der Waals surface area contributed by atoms with Gasteiger partial charge in [-0.25, -0.2) is 0 Å². The number of hydrogen-bond acceptors (Lipinski definition) is 0. The minimum Gasteiger partial charge on any atom is -0.359 e. The molecule has 38 heavy (non-hydrogen) atoms. The number of fused-ring (bicyclic) bond motifs is 6. The average Bonchev–Trinajstić information content (AvgIpc) is 3.67. The fourth-order valence-electron chi connectivity index (χ4n) is 6.01. The molecule has 0 aliphatic heterocycles. The molecule has 0 amide bonds. The first-order valence-corrected chi connectivity index (χ1v) is 15.2. The summed E-state index contributed by atoms with van der Waals surface area (Å²) in [6.07, 6.45) is 9.86. The molecule has 0 fully saturated rings. The van der Waals surface area contributed by atoms with Crippen LogP contribution in [0.25, 0.3) is 27.9 Å². The van der Waals surface area contributed by atoms with Gasteiger partial charge in [0.1, 0.15) is 0 Å². The zero-order valence-electron chi connectivity index (χ0n) is 25.4. The highest BCUT2D eigenvalue weighted by atomic mass is 14.7. The molecule has 0 unspecified atom stereocenters. The lowest BCUT2D eigenvalue weighted by molar-refractivity contribution is 0.588. The first kappa shape index (κ1) is 28.3. The van der Waals surface area contributed by atoms with Gasteiger partial charge in [-0.2, -0.15) is 0 Å². The van der Waals surface area contributed by atoms with Gasteiger partial charge in [-0.1, -0.05) is 79.2 Å². The Bertz CT molecular complexity index is 1420. The van der Waals surface area contributed by atoms with Crippen LogP contribution in [0.15, 0.2) is 35.9 Å². The van der Waals surface area contributed by atoms with E-state index in [1.807, 2.05) is 13.8 Å². The van der Waals surface area contributed by atoms with E-state index >= 15 is 0 Å². The molecule has 2 heterocycles. The van der Waals surface area contributed by atoms with Crippen LogP contribution in [-0.2, 0) is 25.7 Å². The highest BCUT2D eigenvalue weighted by Crippen LogP contribution is 2.36. The van der Waals surface area contributed by atoms with Crippen molar-refractivity contribution in [3.05, 3.63) is 75.1 Å². The van der Waals surface area contributed by atoms with Crippen LogP contribution in [0.2, 0.25) is 0 Å². The van der Waals surface area contributed by atoms with E-state index in [9.17, 15) is 0 Å².